The molecular formula is C17H34N4OS. The van der Waals surface area contributed by atoms with Gasteiger partial charge in [0.1, 0.15) is 0 Å². The zero-order valence-corrected chi connectivity index (χ0v) is 16.0. The lowest BCUT2D eigenvalue weighted by atomic mass is 9.85. The van der Waals surface area contributed by atoms with E-state index < -0.39 is 0 Å². The van der Waals surface area contributed by atoms with Gasteiger partial charge in [0.25, 0.3) is 0 Å². The van der Waals surface area contributed by atoms with Crippen LogP contribution in [-0.2, 0) is 4.79 Å². The van der Waals surface area contributed by atoms with Gasteiger partial charge in [-0.3, -0.25) is 9.79 Å². The Hall–Kier alpha value is -0.910. The number of carbonyl (C=O) groups excluding carboxylic acids is 1. The number of rotatable bonds is 8. The van der Waals surface area contributed by atoms with E-state index in [1.54, 1.807) is 0 Å². The lowest BCUT2D eigenvalue weighted by Gasteiger charge is -2.30. The largest absolute Gasteiger partial charge is 0.356 e. The summed E-state index contributed by atoms with van der Waals surface area (Å²) < 4.78 is 0. The molecule has 6 heteroatoms. The van der Waals surface area contributed by atoms with E-state index in [0.717, 1.165) is 44.6 Å². The van der Waals surface area contributed by atoms with Crippen LogP contribution in [0.2, 0.25) is 0 Å². The molecule has 0 heterocycles. The van der Waals surface area contributed by atoms with E-state index in [0.29, 0.717) is 6.04 Å². The van der Waals surface area contributed by atoms with Crippen LogP contribution >= 0.6 is 11.8 Å². The highest BCUT2D eigenvalue weighted by molar-refractivity contribution is 7.98. The Morgan fingerprint density at radius 1 is 1.30 bits per heavy atom. The van der Waals surface area contributed by atoms with Crippen LogP contribution in [0.25, 0.3) is 0 Å². The summed E-state index contributed by atoms with van der Waals surface area (Å²) in [6, 6.07) is 0.551. The molecule has 0 aromatic rings. The predicted molar refractivity (Wildman–Crippen MR) is 101 cm³/mol. The molecule has 0 bridgehead atoms. The molecule has 0 spiro atoms. The molecule has 0 aromatic heterocycles. The maximum absolute atomic E-state index is 12.2. The summed E-state index contributed by atoms with van der Waals surface area (Å²) in [7, 11) is 1.81. The Bertz CT molecular complexity index is 374. The number of hydrogen-bond donors (Lipinski definition) is 3. The number of carbonyl (C=O) groups is 1. The molecule has 0 radical (unpaired) electrons. The van der Waals surface area contributed by atoms with Gasteiger partial charge in [0.2, 0.25) is 5.91 Å². The Morgan fingerprint density at radius 3 is 2.74 bits per heavy atom. The van der Waals surface area contributed by atoms with Crippen LogP contribution in [0.5, 0.6) is 0 Å². The first kappa shape index (κ1) is 20.1. The second kappa shape index (κ2) is 11.6. The molecular weight excluding hydrogens is 308 g/mol. The fraction of sp³-hybridized carbons (Fsp3) is 0.882. The number of aliphatic imine (C=N–C) groups is 1. The van der Waals surface area contributed by atoms with Gasteiger partial charge in [-0.25, -0.2) is 0 Å². The lowest BCUT2D eigenvalue weighted by molar-refractivity contribution is -0.126. The summed E-state index contributed by atoms with van der Waals surface area (Å²) in [6.07, 6.45) is 8.63. The Morgan fingerprint density at radius 2 is 2.09 bits per heavy atom. The predicted octanol–water partition coefficient (Wildman–Crippen LogP) is 2.38. The first-order chi connectivity index (χ1) is 11.1. The molecule has 1 aliphatic carbocycles. The number of amides is 1. The highest BCUT2D eigenvalue weighted by atomic mass is 32.2. The second-order valence-corrected chi connectivity index (χ2v) is 7.55. The monoisotopic (exact) mass is 342 g/mol. The van der Waals surface area contributed by atoms with Crippen molar-refractivity contribution in [3.63, 3.8) is 0 Å². The topological polar surface area (TPSA) is 65.5 Å². The molecule has 3 N–H and O–H groups in total. The van der Waals surface area contributed by atoms with Crippen LogP contribution in [0.3, 0.4) is 0 Å². The first-order valence-corrected chi connectivity index (χ1v) is 10.2. The zero-order valence-electron chi connectivity index (χ0n) is 15.2. The summed E-state index contributed by atoms with van der Waals surface area (Å²) in [5.74, 6) is 2.40. The van der Waals surface area contributed by atoms with Crippen molar-refractivity contribution >= 4 is 23.6 Å². The number of unbranched alkanes of at least 4 members (excludes halogenated alkanes) is 1. The number of guanidine groups is 1. The molecule has 2 atom stereocenters. The average molecular weight is 343 g/mol. The number of thioether (sulfide) groups is 1. The van der Waals surface area contributed by atoms with Crippen molar-refractivity contribution in [3.8, 4) is 0 Å². The first-order valence-electron chi connectivity index (χ1n) is 8.83. The van der Waals surface area contributed by atoms with Crippen molar-refractivity contribution in [1.29, 1.82) is 0 Å². The van der Waals surface area contributed by atoms with Gasteiger partial charge in [-0.2, -0.15) is 11.8 Å². The van der Waals surface area contributed by atoms with Crippen LogP contribution in [0, 0.1) is 5.92 Å². The number of hydrogen-bond acceptors (Lipinski definition) is 3. The third-order valence-electron chi connectivity index (χ3n) is 4.11. The van der Waals surface area contributed by atoms with E-state index >= 15 is 0 Å². The minimum atomic E-state index is 0.128. The van der Waals surface area contributed by atoms with Gasteiger partial charge in [0.05, 0.1) is 0 Å². The molecule has 1 aliphatic rings. The van der Waals surface area contributed by atoms with Gasteiger partial charge >= 0.3 is 0 Å². The van der Waals surface area contributed by atoms with Crippen molar-refractivity contribution in [1.82, 2.24) is 16.0 Å². The lowest BCUT2D eigenvalue weighted by Crippen LogP contribution is -2.47. The summed E-state index contributed by atoms with van der Waals surface area (Å²) in [5, 5.41) is 9.91. The van der Waals surface area contributed by atoms with Crippen LogP contribution in [0.4, 0.5) is 0 Å². The molecule has 134 valence electrons. The van der Waals surface area contributed by atoms with Gasteiger partial charge in [-0.15, -0.1) is 0 Å². The fourth-order valence-corrected chi connectivity index (χ4v) is 3.42. The smallest absolute Gasteiger partial charge is 0.223 e. The Labute approximate surface area is 145 Å². The minimum Gasteiger partial charge on any atom is -0.356 e. The van der Waals surface area contributed by atoms with Crippen molar-refractivity contribution in [2.24, 2.45) is 10.9 Å². The number of nitrogens with zero attached hydrogens (tertiary/aromatic N) is 1. The van der Waals surface area contributed by atoms with Crippen molar-refractivity contribution in [2.45, 2.75) is 64.5 Å². The summed E-state index contributed by atoms with van der Waals surface area (Å²) >= 11 is 1.89. The molecule has 2 unspecified atom stereocenters. The minimum absolute atomic E-state index is 0.128. The van der Waals surface area contributed by atoms with E-state index in [1.165, 1.54) is 12.2 Å². The highest BCUT2D eigenvalue weighted by Crippen LogP contribution is 2.24. The maximum Gasteiger partial charge on any atom is 0.223 e. The highest BCUT2D eigenvalue weighted by Gasteiger charge is 2.27. The van der Waals surface area contributed by atoms with Gasteiger partial charge in [0.15, 0.2) is 5.96 Å². The molecule has 0 saturated heterocycles. The van der Waals surface area contributed by atoms with Crippen molar-refractivity contribution in [3.05, 3.63) is 0 Å². The van der Waals surface area contributed by atoms with Crippen LogP contribution in [0.15, 0.2) is 4.99 Å². The molecule has 1 saturated carbocycles. The third-order valence-corrected chi connectivity index (χ3v) is 4.80. The molecule has 1 fully saturated rings. The van der Waals surface area contributed by atoms with Crippen molar-refractivity contribution < 1.29 is 4.79 Å². The Balaban J connectivity index is 2.34. The van der Waals surface area contributed by atoms with E-state index in [2.05, 4.69) is 27.2 Å². The fourth-order valence-electron chi connectivity index (χ4n) is 2.93. The van der Waals surface area contributed by atoms with E-state index in [9.17, 15) is 4.79 Å². The van der Waals surface area contributed by atoms with Crippen LogP contribution < -0.4 is 16.0 Å². The zero-order chi connectivity index (χ0) is 17.1. The van der Waals surface area contributed by atoms with E-state index in [-0.39, 0.29) is 17.9 Å². The standard InChI is InChI=1S/C17H34N4OS/c1-13(2)20-16(22)14-8-7-9-15(12-14)21-17(18-3)19-10-5-6-11-23-4/h13-15H,5-12H2,1-4H3,(H,20,22)(H2,18,19,21). The number of nitrogens with one attached hydrogen (secondary N) is 3. The van der Waals surface area contributed by atoms with Gasteiger partial charge in [0, 0.05) is 31.6 Å². The summed E-state index contributed by atoms with van der Waals surface area (Å²) in [5.41, 5.74) is 0. The van der Waals surface area contributed by atoms with Crippen LogP contribution in [0.1, 0.15) is 52.4 Å². The van der Waals surface area contributed by atoms with Crippen molar-refractivity contribution in [2.75, 3.05) is 25.6 Å². The van der Waals surface area contributed by atoms with E-state index in [4.69, 9.17) is 0 Å². The van der Waals surface area contributed by atoms with Gasteiger partial charge in [-0.05, 0) is 58.0 Å². The molecule has 23 heavy (non-hydrogen) atoms. The molecule has 0 aromatic carbocycles. The molecule has 1 amide bonds. The molecule has 5 nitrogen and oxygen atoms in total. The quantitative estimate of drug-likeness (QED) is 0.360. The van der Waals surface area contributed by atoms with Crippen LogP contribution in [-0.4, -0.2) is 49.6 Å². The van der Waals surface area contributed by atoms with Gasteiger partial charge in [-0.1, -0.05) is 6.42 Å². The van der Waals surface area contributed by atoms with E-state index in [1.807, 2.05) is 32.7 Å². The summed E-state index contributed by atoms with van der Waals surface area (Å²) in [6.45, 7) is 4.97. The van der Waals surface area contributed by atoms with Gasteiger partial charge < -0.3 is 16.0 Å². The molecule has 1 rings (SSSR count). The molecule has 0 aliphatic heterocycles. The average Bonchev–Trinajstić information content (AvgIpc) is 2.53. The SMILES string of the molecule is CN=C(NCCCCSC)NC1CCCC(C(=O)NC(C)C)C1. The normalized spacial score (nSPS) is 22.0. The Kier molecular flexibility index (Phi) is 10.2. The third kappa shape index (κ3) is 8.49. The summed E-state index contributed by atoms with van der Waals surface area (Å²) in [4.78, 5) is 16.5. The second-order valence-electron chi connectivity index (χ2n) is 6.57. The maximum atomic E-state index is 12.2.